The molecule has 0 bridgehead atoms. The summed E-state index contributed by atoms with van der Waals surface area (Å²) in [5.41, 5.74) is 1.00. The molecular formula is C22H18N2O5S2. The molecule has 0 atom stereocenters. The van der Waals surface area contributed by atoms with Gasteiger partial charge in [0.1, 0.15) is 15.6 Å². The molecule has 1 fully saturated rings. The van der Waals surface area contributed by atoms with Crippen LogP contribution in [0.2, 0.25) is 0 Å². The van der Waals surface area contributed by atoms with Gasteiger partial charge in [0.2, 0.25) is 5.91 Å². The molecule has 2 aromatic rings. The van der Waals surface area contributed by atoms with Crippen molar-refractivity contribution in [2.45, 2.75) is 6.42 Å². The Balaban J connectivity index is 1.56. The number of carboxylic acids is 1. The number of phenols is 1. The maximum Gasteiger partial charge on any atom is 0.339 e. The highest BCUT2D eigenvalue weighted by Gasteiger charge is 2.31. The molecule has 158 valence electrons. The lowest BCUT2D eigenvalue weighted by atomic mass is 10.2. The molecule has 0 radical (unpaired) electrons. The maximum absolute atomic E-state index is 12.6. The monoisotopic (exact) mass is 454 g/mol. The lowest BCUT2D eigenvalue weighted by Crippen LogP contribution is -2.31. The van der Waals surface area contributed by atoms with Gasteiger partial charge in [-0.15, -0.1) is 0 Å². The van der Waals surface area contributed by atoms with Gasteiger partial charge >= 0.3 is 5.97 Å². The molecule has 1 saturated heterocycles. The fourth-order valence-corrected chi connectivity index (χ4v) is 4.00. The molecule has 0 unspecified atom stereocenters. The van der Waals surface area contributed by atoms with Crippen LogP contribution in [0.15, 0.2) is 65.6 Å². The number of hydrogen-bond donors (Lipinski definition) is 3. The number of hydrogen-bond acceptors (Lipinski definition) is 6. The number of rotatable bonds is 7. The van der Waals surface area contributed by atoms with Crippen LogP contribution >= 0.6 is 24.0 Å². The summed E-state index contributed by atoms with van der Waals surface area (Å²) in [5, 5.41) is 21.2. The molecule has 1 heterocycles. The molecule has 0 aromatic heterocycles. The summed E-state index contributed by atoms with van der Waals surface area (Å²) >= 11 is 6.43. The molecule has 3 N–H and O–H groups in total. The molecule has 2 aromatic carbocycles. The topological polar surface area (TPSA) is 107 Å². The first-order valence-corrected chi connectivity index (χ1v) is 10.4. The van der Waals surface area contributed by atoms with Crippen molar-refractivity contribution in [1.29, 1.82) is 0 Å². The van der Waals surface area contributed by atoms with Gasteiger partial charge in [-0.2, -0.15) is 0 Å². The zero-order valence-corrected chi connectivity index (χ0v) is 17.8. The van der Waals surface area contributed by atoms with E-state index in [0.29, 0.717) is 9.23 Å². The number of aromatic hydroxyl groups is 1. The zero-order valence-electron chi connectivity index (χ0n) is 16.1. The van der Waals surface area contributed by atoms with Gasteiger partial charge in [0, 0.05) is 24.7 Å². The summed E-state index contributed by atoms with van der Waals surface area (Å²) < 4.78 is 0.376. The Morgan fingerprint density at radius 3 is 2.58 bits per heavy atom. The van der Waals surface area contributed by atoms with Gasteiger partial charge in [0.05, 0.1) is 4.91 Å². The fourth-order valence-electron chi connectivity index (χ4n) is 2.74. The molecule has 7 nitrogen and oxygen atoms in total. The van der Waals surface area contributed by atoms with E-state index in [1.165, 1.54) is 28.8 Å². The van der Waals surface area contributed by atoms with Gasteiger partial charge in [0.25, 0.3) is 5.91 Å². The minimum absolute atomic E-state index is 0.0129. The number of thioether (sulfide) groups is 1. The fraction of sp³-hybridized carbons (Fsp3) is 0.0909. The Bertz CT molecular complexity index is 1100. The van der Waals surface area contributed by atoms with Gasteiger partial charge in [-0.05, 0) is 23.8 Å². The predicted octanol–water partition coefficient (Wildman–Crippen LogP) is 3.88. The maximum atomic E-state index is 12.6. The highest BCUT2D eigenvalue weighted by molar-refractivity contribution is 8.26. The van der Waals surface area contributed by atoms with E-state index in [0.717, 1.165) is 11.6 Å². The van der Waals surface area contributed by atoms with Crippen LogP contribution in [0, 0.1) is 0 Å². The second-order valence-corrected chi connectivity index (χ2v) is 8.14. The van der Waals surface area contributed by atoms with Crippen molar-refractivity contribution in [3.63, 3.8) is 0 Å². The van der Waals surface area contributed by atoms with Crippen molar-refractivity contribution in [2.24, 2.45) is 0 Å². The second-order valence-electron chi connectivity index (χ2n) is 6.46. The molecule has 2 amide bonds. The van der Waals surface area contributed by atoms with Crippen molar-refractivity contribution < 1.29 is 24.6 Å². The lowest BCUT2D eigenvalue weighted by molar-refractivity contribution is -0.122. The summed E-state index contributed by atoms with van der Waals surface area (Å²) in [5.74, 6) is -2.37. The molecule has 1 aliphatic heterocycles. The summed E-state index contributed by atoms with van der Waals surface area (Å²) in [6.45, 7) is 0.107. The van der Waals surface area contributed by atoms with Crippen LogP contribution in [-0.2, 0) is 9.59 Å². The Hall–Kier alpha value is -3.43. The van der Waals surface area contributed by atoms with Crippen LogP contribution in [0.3, 0.4) is 0 Å². The highest BCUT2D eigenvalue weighted by Crippen LogP contribution is 2.31. The van der Waals surface area contributed by atoms with Crippen molar-refractivity contribution >= 4 is 57.8 Å². The normalized spacial score (nSPS) is 15.1. The van der Waals surface area contributed by atoms with E-state index in [2.05, 4.69) is 5.32 Å². The first kappa shape index (κ1) is 22.3. The molecule has 3 rings (SSSR count). The molecular weight excluding hydrogens is 436 g/mol. The molecule has 0 aliphatic carbocycles. The van der Waals surface area contributed by atoms with E-state index >= 15 is 0 Å². The molecule has 9 heteroatoms. The summed E-state index contributed by atoms with van der Waals surface area (Å²) in [6.07, 6.45) is 5.34. The number of thiocarbonyl (C=S) groups is 1. The number of carbonyl (C=O) groups is 3. The highest BCUT2D eigenvalue weighted by atomic mass is 32.2. The smallest absolute Gasteiger partial charge is 0.339 e. The summed E-state index contributed by atoms with van der Waals surface area (Å²) in [7, 11) is 0. The Kier molecular flexibility index (Phi) is 7.22. The van der Waals surface area contributed by atoms with E-state index in [1.807, 2.05) is 36.4 Å². The van der Waals surface area contributed by atoms with Crippen LogP contribution in [0.5, 0.6) is 5.75 Å². The third-order valence-corrected chi connectivity index (χ3v) is 5.68. The molecule has 0 spiro atoms. The van der Waals surface area contributed by atoms with Gasteiger partial charge < -0.3 is 15.5 Å². The molecule has 1 aliphatic rings. The van der Waals surface area contributed by atoms with Crippen molar-refractivity contribution in [1.82, 2.24) is 4.90 Å². The van der Waals surface area contributed by atoms with Crippen LogP contribution in [0.25, 0.3) is 6.08 Å². The lowest BCUT2D eigenvalue weighted by Gasteiger charge is -2.14. The van der Waals surface area contributed by atoms with E-state index in [-0.39, 0.29) is 30.1 Å². The first-order chi connectivity index (χ1) is 14.8. The average Bonchev–Trinajstić information content (AvgIpc) is 3.00. The van der Waals surface area contributed by atoms with Crippen molar-refractivity contribution in [3.8, 4) is 5.75 Å². The van der Waals surface area contributed by atoms with E-state index in [9.17, 15) is 19.5 Å². The quantitative estimate of drug-likeness (QED) is 0.431. The SMILES string of the molecule is O=C(CCN1C(=O)/C(=C/C=C/c2ccccc2)SC1=S)Nc1ccc(C(=O)O)c(O)c1. The number of carboxylic acid groups (broad SMARTS) is 1. The molecule has 0 saturated carbocycles. The van der Waals surface area contributed by atoms with Gasteiger partial charge in [-0.25, -0.2) is 4.79 Å². The predicted molar refractivity (Wildman–Crippen MR) is 124 cm³/mol. The third-order valence-electron chi connectivity index (χ3n) is 4.28. The van der Waals surface area contributed by atoms with Gasteiger partial charge in [-0.1, -0.05) is 66.5 Å². The first-order valence-electron chi connectivity index (χ1n) is 9.18. The number of anilines is 1. The number of nitrogens with zero attached hydrogens (tertiary/aromatic N) is 1. The van der Waals surface area contributed by atoms with Crippen molar-refractivity contribution in [3.05, 3.63) is 76.7 Å². The minimum Gasteiger partial charge on any atom is -0.507 e. The van der Waals surface area contributed by atoms with Crippen LogP contribution in [0.1, 0.15) is 22.3 Å². The van der Waals surface area contributed by atoms with Gasteiger partial charge in [0.15, 0.2) is 0 Å². The van der Waals surface area contributed by atoms with Crippen LogP contribution in [-0.4, -0.2) is 43.8 Å². The second kappa shape index (κ2) is 10.1. The number of nitrogens with one attached hydrogen (secondary N) is 1. The van der Waals surface area contributed by atoms with E-state index in [4.69, 9.17) is 17.3 Å². The number of aromatic carboxylic acids is 1. The Morgan fingerprint density at radius 2 is 1.90 bits per heavy atom. The number of allylic oxidation sites excluding steroid dienone is 2. The third kappa shape index (κ3) is 5.80. The Labute approximate surface area is 188 Å². The van der Waals surface area contributed by atoms with Crippen molar-refractivity contribution in [2.75, 3.05) is 11.9 Å². The minimum atomic E-state index is -1.27. The van der Waals surface area contributed by atoms with E-state index in [1.54, 1.807) is 12.2 Å². The summed E-state index contributed by atoms with van der Waals surface area (Å²) in [4.78, 5) is 37.5. The van der Waals surface area contributed by atoms with Gasteiger partial charge in [-0.3, -0.25) is 14.5 Å². The van der Waals surface area contributed by atoms with E-state index < -0.39 is 17.6 Å². The number of benzene rings is 2. The van der Waals surface area contributed by atoms with Crippen LogP contribution < -0.4 is 5.32 Å². The summed E-state index contributed by atoms with van der Waals surface area (Å²) in [6, 6.07) is 13.4. The largest absolute Gasteiger partial charge is 0.507 e. The number of carbonyl (C=O) groups excluding carboxylic acids is 2. The standard InChI is InChI=1S/C22H18N2O5S2/c25-17-13-15(9-10-16(17)21(28)29)23-19(26)11-12-24-20(27)18(31-22(24)30)8-4-7-14-5-2-1-3-6-14/h1-10,13,25H,11-12H2,(H,23,26)(H,28,29)/b7-4+,18-8-. The average molecular weight is 455 g/mol. The zero-order chi connectivity index (χ0) is 22.4. The Morgan fingerprint density at radius 1 is 1.16 bits per heavy atom. The number of amides is 2. The van der Waals surface area contributed by atoms with Crippen LogP contribution in [0.4, 0.5) is 5.69 Å². The molecule has 31 heavy (non-hydrogen) atoms.